The van der Waals surface area contributed by atoms with E-state index < -0.39 is 0 Å². The van der Waals surface area contributed by atoms with Gasteiger partial charge in [-0.05, 0) is 50.9 Å². The van der Waals surface area contributed by atoms with Crippen LogP contribution in [-0.2, 0) is 7.05 Å². The first-order chi connectivity index (χ1) is 11.5. The number of fused-ring (bicyclic) bond motifs is 2. The van der Waals surface area contributed by atoms with Crippen LogP contribution in [0.3, 0.4) is 0 Å². The zero-order chi connectivity index (χ0) is 16.8. The Morgan fingerprint density at radius 1 is 1.42 bits per heavy atom. The van der Waals surface area contributed by atoms with E-state index in [0.717, 1.165) is 23.1 Å². The molecule has 2 aliphatic carbocycles. The molecule has 0 radical (unpaired) electrons. The Balaban J connectivity index is 1.44. The predicted octanol–water partition coefficient (Wildman–Crippen LogP) is 2.94. The van der Waals surface area contributed by atoms with Crippen LogP contribution in [0.2, 0.25) is 0 Å². The molecule has 2 fully saturated rings. The second kappa shape index (κ2) is 5.76. The Bertz CT molecular complexity index is 763. The van der Waals surface area contributed by atoms with Gasteiger partial charge in [0, 0.05) is 24.8 Å². The topological polar surface area (TPSA) is 73.0 Å². The first-order valence-electron chi connectivity index (χ1n) is 8.79. The molecule has 2 heterocycles. The molecule has 4 rings (SSSR count). The maximum Gasteiger partial charge on any atom is 0.273 e. The molecule has 0 spiro atoms. The van der Waals surface area contributed by atoms with Crippen molar-refractivity contribution in [1.82, 2.24) is 20.3 Å². The van der Waals surface area contributed by atoms with Crippen molar-refractivity contribution in [2.45, 2.75) is 45.6 Å². The van der Waals surface area contributed by atoms with E-state index in [1.165, 1.54) is 25.7 Å². The van der Waals surface area contributed by atoms with Gasteiger partial charge in [-0.25, -0.2) is 0 Å². The molecule has 0 unspecified atom stereocenters. The number of carbonyl (C=O) groups is 1. The fourth-order valence-corrected chi connectivity index (χ4v) is 4.54. The standard InChI is InChI=1S/C18H24N4O2/c1-10(14-7-12-4-5-13(14)6-12)20-18(23)16-8-17(24-21-16)15-9-19-22(3)11(15)2/h8-10,12-14H,4-7H2,1-3H3,(H,20,23)/t10-,12-,13-,14+/m0/s1. The highest BCUT2D eigenvalue weighted by Crippen LogP contribution is 2.49. The molecule has 0 saturated heterocycles. The third kappa shape index (κ3) is 2.54. The second-order valence-corrected chi connectivity index (χ2v) is 7.44. The van der Waals surface area contributed by atoms with Gasteiger partial charge in [0.2, 0.25) is 0 Å². The van der Waals surface area contributed by atoms with Gasteiger partial charge in [-0.1, -0.05) is 11.6 Å². The van der Waals surface area contributed by atoms with Crippen molar-refractivity contribution < 1.29 is 9.32 Å². The van der Waals surface area contributed by atoms with E-state index >= 15 is 0 Å². The van der Waals surface area contributed by atoms with Gasteiger partial charge >= 0.3 is 0 Å². The van der Waals surface area contributed by atoms with Crippen molar-refractivity contribution >= 4 is 5.91 Å². The smallest absolute Gasteiger partial charge is 0.273 e. The molecule has 4 atom stereocenters. The Hall–Kier alpha value is -2.11. The van der Waals surface area contributed by atoms with Gasteiger partial charge in [0.25, 0.3) is 5.91 Å². The minimum Gasteiger partial charge on any atom is -0.355 e. The van der Waals surface area contributed by atoms with Crippen LogP contribution in [0, 0.1) is 24.7 Å². The minimum atomic E-state index is -0.151. The van der Waals surface area contributed by atoms with Crippen LogP contribution >= 0.6 is 0 Å². The third-order valence-electron chi connectivity index (χ3n) is 6.04. The van der Waals surface area contributed by atoms with Gasteiger partial charge < -0.3 is 9.84 Å². The Kier molecular flexibility index (Phi) is 3.70. The third-order valence-corrected chi connectivity index (χ3v) is 6.04. The van der Waals surface area contributed by atoms with Crippen LogP contribution < -0.4 is 5.32 Å². The average molecular weight is 328 g/mol. The predicted molar refractivity (Wildman–Crippen MR) is 89.3 cm³/mol. The van der Waals surface area contributed by atoms with Crippen molar-refractivity contribution in [2.75, 3.05) is 0 Å². The molecule has 0 aliphatic heterocycles. The summed E-state index contributed by atoms with van der Waals surface area (Å²) in [6, 6.07) is 1.89. The Morgan fingerprint density at radius 3 is 2.88 bits per heavy atom. The molecule has 1 N–H and O–H groups in total. The fraction of sp³-hybridized carbons (Fsp3) is 0.611. The van der Waals surface area contributed by atoms with Gasteiger partial charge in [0.05, 0.1) is 11.8 Å². The summed E-state index contributed by atoms with van der Waals surface area (Å²) in [4.78, 5) is 12.5. The molecule has 2 bridgehead atoms. The van der Waals surface area contributed by atoms with E-state index in [1.54, 1.807) is 16.9 Å². The highest BCUT2D eigenvalue weighted by Gasteiger charge is 2.42. The van der Waals surface area contributed by atoms with E-state index in [0.29, 0.717) is 17.4 Å². The van der Waals surface area contributed by atoms with Gasteiger partial charge in [-0.3, -0.25) is 9.48 Å². The molecular weight excluding hydrogens is 304 g/mol. The largest absolute Gasteiger partial charge is 0.355 e. The number of carbonyl (C=O) groups excluding carboxylic acids is 1. The van der Waals surface area contributed by atoms with Gasteiger partial charge in [0.1, 0.15) is 0 Å². The zero-order valence-electron chi connectivity index (χ0n) is 14.5. The summed E-state index contributed by atoms with van der Waals surface area (Å²) in [6.45, 7) is 4.08. The molecular formula is C18H24N4O2. The summed E-state index contributed by atoms with van der Waals surface area (Å²) >= 11 is 0. The van der Waals surface area contributed by atoms with Crippen LogP contribution in [0.5, 0.6) is 0 Å². The molecule has 2 aromatic rings. The molecule has 6 nitrogen and oxygen atoms in total. The quantitative estimate of drug-likeness (QED) is 0.936. The van der Waals surface area contributed by atoms with Gasteiger partial charge in [0.15, 0.2) is 11.5 Å². The maximum absolute atomic E-state index is 12.5. The van der Waals surface area contributed by atoms with Gasteiger partial charge in [-0.15, -0.1) is 0 Å². The summed E-state index contributed by atoms with van der Waals surface area (Å²) in [5.74, 6) is 2.71. The summed E-state index contributed by atoms with van der Waals surface area (Å²) in [5.41, 5.74) is 2.18. The van der Waals surface area contributed by atoms with Crippen molar-refractivity contribution in [2.24, 2.45) is 24.8 Å². The zero-order valence-corrected chi connectivity index (χ0v) is 14.5. The Morgan fingerprint density at radius 2 is 2.25 bits per heavy atom. The second-order valence-electron chi connectivity index (χ2n) is 7.44. The van der Waals surface area contributed by atoms with E-state index in [4.69, 9.17) is 4.52 Å². The lowest BCUT2D eigenvalue weighted by atomic mass is 9.84. The van der Waals surface area contributed by atoms with Gasteiger partial charge in [-0.2, -0.15) is 5.10 Å². The molecule has 2 aliphatic rings. The molecule has 6 heteroatoms. The first kappa shape index (κ1) is 15.4. The molecule has 1 amide bonds. The van der Waals surface area contributed by atoms with Crippen LogP contribution in [0.25, 0.3) is 11.3 Å². The number of hydrogen-bond acceptors (Lipinski definition) is 4. The Labute approximate surface area is 141 Å². The van der Waals surface area contributed by atoms with Crippen molar-refractivity contribution in [1.29, 1.82) is 0 Å². The van der Waals surface area contributed by atoms with E-state index in [2.05, 4.69) is 22.5 Å². The van der Waals surface area contributed by atoms with Crippen molar-refractivity contribution in [3.05, 3.63) is 23.7 Å². The van der Waals surface area contributed by atoms with E-state index in [-0.39, 0.29) is 11.9 Å². The summed E-state index contributed by atoms with van der Waals surface area (Å²) < 4.78 is 7.13. The summed E-state index contributed by atoms with van der Waals surface area (Å²) in [7, 11) is 1.87. The normalized spacial score (nSPS) is 26.7. The highest BCUT2D eigenvalue weighted by atomic mass is 16.5. The SMILES string of the molecule is Cc1c(-c2cc(C(=O)N[C@@H](C)[C@H]3C[C@H]4CC[C@H]3C4)no2)cnn1C. The number of aryl methyl sites for hydroxylation is 1. The molecule has 2 aromatic heterocycles. The number of rotatable bonds is 4. The minimum absolute atomic E-state index is 0.151. The summed E-state index contributed by atoms with van der Waals surface area (Å²) in [5, 5.41) is 11.3. The van der Waals surface area contributed by atoms with Crippen molar-refractivity contribution in [3.8, 4) is 11.3 Å². The van der Waals surface area contributed by atoms with Crippen LogP contribution in [-0.4, -0.2) is 26.9 Å². The first-order valence-corrected chi connectivity index (χ1v) is 8.79. The summed E-state index contributed by atoms with van der Waals surface area (Å²) in [6.07, 6.45) is 7.03. The van der Waals surface area contributed by atoms with E-state index in [1.807, 2.05) is 14.0 Å². The number of aromatic nitrogens is 3. The van der Waals surface area contributed by atoms with Crippen LogP contribution in [0.4, 0.5) is 0 Å². The maximum atomic E-state index is 12.5. The van der Waals surface area contributed by atoms with Crippen LogP contribution in [0.1, 0.15) is 48.8 Å². The molecule has 2 saturated carbocycles. The molecule has 24 heavy (non-hydrogen) atoms. The fourth-order valence-electron chi connectivity index (χ4n) is 4.54. The average Bonchev–Trinajstić information content (AvgIpc) is 3.32. The number of amides is 1. The molecule has 0 aromatic carbocycles. The monoisotopic (exact) mass is 328 g/mol. The lowest BCUT2D eigenvalue weighted by Gasteiger charge is -2.28. The lowest BCUT2D eigenvalue weighted by Crippen LogP contribution is -2.40. The number of nitrogens with one attached hydrogen (secondary N) is 1. The highest BCUT2D eigenvalue weighted by molar-refractivity contribution is 5.93. The lowest BCUT2D eigenvalue weighted by molar-refractivity contribution is 0.0906. The van der Waals surface area contributed by atoms with E-state index in [9.17, 15) is 4.79 Å². The molecule has 128 valence electrons. The van der Waals surface area contributed by atoms with Crippen LogP contribution in [0.15, 0.2) is 16.8 Å². The number of nitrogens with zero attached hydrogens (tertiary/aromatic N) is 3. The number of hydrogen-bond donors (Lipinski definition) is 1. The van der Waals surface area contributed by atoms with Crippen molar-refractivity contribution in [3.63, 3.8) is 0 Å².